The van der Waals surface area contributed by atoms with E-state index in [0.29, 0.717) is 0 Å². The summed E-state index contributed by atoms with van der Waals surface area (Å²) in [6, 6.07) is 8.84. The smallest absolute Gasteiger partial charge is 0.193 e. The molecule has 0 bridgehead atoms. The van der Waals surface area contributed by atoms with Crippen LogP contribution in [0, 0.1) is 0 Å². The Kier molecular flexibility index (Phi) is 10.1. The number of unbranched alkanes of at least 4 members (excludes halogenated alkanes) is 1. The molecule has 0 saturated heterocycles. The Morgan fingerprint density at radius 2 is 1.78 bits per heavy atom. The van der Waals surface area contributed by atoms with Gasteiger partial charge in [-0.05, 0) is 44.2 Å². The molecule has 130 valence electrons. The first kappa shape index (κ1) is 19.5. The molecule has 0 heterocycles. The van der Waals surface area contributed by atoms with Gasteiger partial charge in [-0.1, -0.05) is 31.2 Å². The largest absolute Gasteiger partial charge is 0.382 e. The van der Waals surface area contributed by atoms with Crippen LogP contribution in [0.2, 0.25) is 0 Å². The molecule has 0 atom stereocenters. The number of benzene rings is 1. The number of nitrogens with zero attached hydrogens (tertiary/aromatic N) is 2. The first-order valence-electron chi connectivity index (χ1n) is 8.86. The molecule has 0 fully saturated rings. The lowest BCUT2D eigenvalue weighted by atomic mass is 10.1. The van der Waals surface area contributed by atoms with Crippen molar-refractivity contribution in [2.24, 2.45) is 4.99 Å². The van der Waals surface area contributed by atoms with Crippen molar-refractivity contribution >= 4 is 5.96 Å². The van der Waals surface area contributed by atoms with Gasteiger partial charge in [-0.15, -0.1) is 0 Å². The van der Waals surface area contributed by atoms with Crippen LogP contribution in [0.5, 0.6) is 0 Å². The summed E-state index contributed by atoms with van der Waals surface area (Å²) < 4.78 is 5.36. The number of aryl methyl sites for hydroxylation is 1. The lowest BCUT2D eigenvalue weighted by molar-refractivity contribution is 0.144. The quantitative estimate of drug-likeness (QED) is 0.408. The summed E-state index contributed by atoms with van der Waals surface area (Å²) in [4.78, 5) is 6.90. The van der Waals surface area contributed by atoms with E-state index in [2.05, 4.69) is 55.4 Å². The third-order valence-corrected chi connectivity index (χ3v) is 3.71. The van der Waals surface area contributed by atoms with Gasteiger partial charge in [0, 0.05) is 39.9 Å². The van der Waals surface area contributed by atoms with Gasteiger partial charge in [0.2, 0.25) is 0 Å². The molecule has 0 saturated carbocycles. The molecule has 4 heteroatoms. The zero-order valence-corrected chi connectivity index (χ0v) is 15.3. The topological polar surface area (TPSA) is 36.9 Å². The fourth-order valence-corrected chi connectivity index (χ4v) is 2.34. The third-order valence-electron chi connectivity index (χ3n) is 3.71. The van der Waals surface area contributed by atoms with Crippen molar-refractivity contribution < 1.29 is 4.74 Å². The van der Waals surface area contributed by atoms with Crippen molar-refractivity contribution in [2.75, 3.05) is 33.4 Å². The molecule has 1 N–H and O–H groups in total. The highest BCUT2D eigenvalue weighted by atomic mass is 16.5. The zero-order valence-electron chi connectivity index (χ0n) is 15.3. The van der Waals surface area contributed by atoms with E-state index in [-0.39, 0.29) is 0 Å². The maximum Gasteiger partial charge on any atom is 0.193 e. The molecule has 23 heavy (non-hydrogen) atoms. The molecule has 0 aliphatic rings. The number of aliphatic imine (C=N–C) groups is 1. The standard InChI is InChI=1S/C19H33N3O/c1-5-17-10-12-18(13-11-17)16-22(4)19(20-6-2)21-14-8-9-15-23-7-3/h10-13H,5-9,14-16H2,1-4H3,(H,20,21). The van der Waals surface area contributed by atoms with Crippen molar-refractivity contribution in [1.29, 1.82) is 0 Å². The first-order valence-corrected chi connectivity index (χ1v) is 8.86. The minimum atomic E-state index is 0.797. The van der Waals surface area contributed by atoms with Crippen molar-refractivity contribution in [2.45, 2.75) is 46.6 Å². The molecular weight excluding hydrogens is 286 g/mol. The van der Waals surface area contributed by atoms with Crippen LogP contribution in [-0.4, -0.2) is 44.2 Å². The summed E-state index contributed by atoms with van der Waals surface area (Å²) in [7, 11) is 2.09. The fourth-order valence-electron chi connectivity index (χ4n) is 2.34. The van der Waals surface area contributed by atoms with Crippen LogP contribution in [0.3, 0.4) is 0 Å². The molecule has 0 unspecified atom stereocenters. The summed E-state index contributed by atoms with van der Waals surface area (Å²) in [6.07, 6.45) is 3.22. The number of hydrogen-bond acceptors (Lipinski definition) is 2. The summed E-state index contributed by atoms with van der Waals surface area (Å²) in [5.74, 6) is 0.975. The van der Waals surface area contributed by atoms with Gasteiger partial charge in [-0.25, -0.2) is 0 Å². The summed E-state index contributed by atoms with van der Waals surface area (Å²) in [5, 5.41) is 3.37. The Labute approximate surface area is 141 Å². The normalized spacial score (nSPS) is 11.6. The summed E-state index contributed by atoms with van der Waals surface area (Å²) in [5.41, 5.74) is 2.69. The average molecular weight is 319 g/mol. The van der Waals surface area contributed by atoms with Crippen LogP contribution in [0.25, 0.3) is 0 Å². The molecule has 1 aromatic carbocycles. The van der Waals surface area contributed by atoms with Crippen LogP contribution in [0.4, 0.5) is 0 Å². The van der Waals surface area contributed by atoms with E-state index in [4.69, 9.17) is 9.73 Å². The maximum atomic E-state index is 5.36. The van der Waals surface area contributed by atoms with Crippen LogP contribution in [-0.2, 0) is 17.7 Å². The molecule has 0 aliphatic heterocycles. The van der Waals surface area contributed by atoms with E-state index < -0.39 is 0 Å². The fraction of sp³-hybridized carbons (Fsp3) is 0.632. The zero-order chi connectivity index (χ0) is 16.9. The minimum Gasteiger partial charge on any atom is -0.382 e. The van der Waals surface area contributed by atoms with Gasteiger partial charge in [0.15, 0.2) is 5.96 Å². The highest BCUT2D eigenvalue weighted by Crippen LogP contribution is 2.07. The van der Waals surface area contributed by atoms with Crippen molar-refractivity contribution in [1.82, 2.24) is 10.2 Å². The number of guanidine groups is 1. The predicted molar refractivity (Wildman–Crippen MR) is 99.0 cm³/mol. The van der Waals surface area contributed by atoms with E-state index in [1.807, 2.05) is 6.92 Å². The lowest BCUT2D eigenvalue weighted by Gasteiger charge is -2.22. The molecule has 1 aromatic rings. The van der Waals surface area contributed by atoms with Gasteiger partial charge in [-0.3, -0.25) is 4.99 Å². The molecule has 4 nitrogen and oxygen atoms in total. The summed E-state index contributed by atoms with van der Waals surface area (Å²) >= 11 is 0. The van der Waals surface area contributed by atoms with E-state index in [1.165, 1.54) is 11.1 Å². The van der Waals surface area contributed by atoms with Crippen LogP contribution in [0.15, 0.2) is 29.3 Å². The van der Waals surface area contributed by atoms with Gasteiger partial charge < -0.3 is 15.0 Å². The monoisotopic (exact) mass is 319 g/mol. The lowest BCUT2D eigenvalue weighted by Crippen LogP contribution is -2.38. The van der Waals surface area contributed by atoms with Crippen molar-refractivity contribution in [3.8, 4) is 0 Å². The van der Waals surface area contributed by atoms with Crippen molar-refractivity contribution in [3.63, 3.8) is 0 Å². The number of rotatable bonds is 10. The van der Waals surface area contributed by atoms with Gasteiger partial charge in [0.25, 0.3) is 0 Å². The minimum absolute atomic E-state index is 0.797. The Hall–Kier alpha value is -1.55. The van der Waals surface area contributed by atoms with Crippen LogP contribution < -0.4 is 5.32 Å². The van der Waals surface area contributed by atoms with Gasteiger partial charge in [-0.2, -0.15) is 0 Å². The predicted octanol–water partition coefficient (Wildman–Crippen LogP) is 3.46. The van der Waals surface area contributed by atoms with E-state index in [1.54, 1.807) is 0 Å². The van der Waals surface area contributed by atoms with Gasteiger partial charge in [0.05, 0.1) is 0 Å². The maximum absolute atomic E-state index is 5.36. The first-order chi connectivity index (χ1) is 11.2. The summed E-state index contributed by atoms with van der Waals surface area (Å²) in [6.45, 7) is 10.5. The molecule has 0 radical (unpaired) electrons. The number of hydrogen-bond donors (Lipinski definition) is 1. The highest BCUT2D eigenvalue weighted by Gasteiger charge is 2.06. The number of nitrogens with one attached hydrogen (secondary N) is 1. The van der Waals surface area contributed by atoms with Crippen molar-refractivity contribution in [3.05, 3.63) is 35.4 Å². The molecule has 1 rings (SSSR count). The Morgan fingerprint density at radius 3 is 2.39 bits per heavy atom. The SMILES string of the molecule is CCNC(=NCCCCOCC)N(C)Cc1ccc(CC)cc1. The second kappa shape index (κ2) is 11.9. The second-order valence-corrected chi connectivity index (χ2v) is 5.67. The highest BCUT2D eigenvalue weighted by molar-refractivity contribution is 5.79. The third kappa shape index (κ3) is 8.03. The average Bonchev–Trinajstić information content (AvgIpc) is 2.57. The van der Waals surface area contributed by atoms with Crippen LogP contribution >= 0.6 is 0 Å². The Balaban J connectivity index is 2.49. The van der Waals surface area contributed by atoms with E-state index in [0.717, 1.165) is 58.1 Å². The van der Waals surface area contributed by atoms with E-state index >= 15 is 0 Å². The molecular formula is C19H33N3O. The second-order valence-electron chi connectivity index (χ2n) is 5.67. The molecule has 0 aromatic heterocycles. The molecule has 0 aliphatic carbocycles. The van der Waals surface area contributed by atoms with Crippen LogP contribution in [0.1, 0.15) is 44.7 Å². The van der Waals surface area contributed by atoms with Gasteiger partial charge in [0.1, 0.15) is 0 Å². The Morgan fingerprint density at radius 1 is 1.09 bits per heavy atom. The number of ether oxygens (including phenoxy) is 1. The molecule has 0 amide bonds. The molecule has 0 spiro atoms. The van der Waals surface area contributed by atoms with E-state index in [9.17, 15) is 0 Å². The van der Waals surface area contributed by atoms with Gasteiger partial charge >= 0.3 is 0 Å². The Bertz CT molecular complexity index is 442.